The molecule has 1 fully saturated rings. The standard InChI is InChI=1S/C14H17Cl2F3N2.2ClH/c15-10-2-1-3-11(16)13(10)12(4-5-14(17,18)19)21-8-6-20-7-9-21;;/h1-3,12,20H,4-9H2;2*1H/t12-;;/m0../s1. The molecule has 0 saturated carbocycles. The Bertz CT molecular complexity index is 459. The molecule has 1 aromatic rings. The Labute approximate surface area is 156 Å². The molecule has 0 bridgehead atoms. The van der Waals surface area contributed by atoms with E-state index in [2.05, 4.69) is 5.32 Å². The number of rotatable bonds is 4. The van der Waals surface area contributed by atoms with E-state index in [1.807, 2.05) is 4.90 Å². The number of halogens is 7. The minimum absolute atomic E-state index is 0. The third-order valence-corrected chi connectivity index (χ3v) is 4.29. The summed E-state index contributed by atoms with van der Waals surface area (Å²) in [5.74, 6) is 0. The lowest BCUT2D eigenvalue weighted by molar-refractivity contribution is -0.138. The van der Waals surface area contributed by atoms with E-state index in [9.17, 15) is 13.2 Å². The van der Waals surface area contributed by atoms with Gasteiger partial charge in [0.2, 0.25) is 0 Å². The van der Waals surface area contributed by atoms with Gasteiger partial charge in [0.1, 0.15) is 0 Å². The largest absolute Gasteiger partial charge is 0.389 e. The van der Waals surface area contributed by atoms with Gasteiger partial charge in [-0.1, -0.05) is 29.3 Å². The van der Waals surface area contributed by atoms with E-state index in [4.69, 9.17) is 23.2 Å². The first-order chi connectivity index (χ1) is 9.88. The number of nitrogens with one attached hydrogen (secondary N) is 1. The van der Waals surface area contributed by atoms with Gasteiger partial charge in [-0.25, -0.2) is 0 Å². The van der Waals surface area contributed by atoms with Crippen molar-refractivity contribution in [3.63, 3.8) is 0 Å². The number of alkyl halides is 3. The maximum Gasteiger partial charge on any atom is 0.389 e. The van der Waals surface area contributed by atoms with Crippen molar-refractivity contribution in [1.29, 1.82) is 0 Å². The second-order valence-corrected chi connectivity index (χ2v) is 5.91. The van der Waals surface area contributed by atoms with Gasteiger partial charge in [0.15, 0.2) is 0 Å². The molecule has 23 heavy (non-hydrogen) atoms. The predicted octanol–water partition coefficient (Wildman–Crippen LogP) is 5.13. The zero-order valence-corrected chi connectivity index (χ0v) is 15.4. The van der Waals surface area contributed by atoms with Crippen molar-refractivity contribution >= 4 is 48.0 Å². The second kappa shape index (κ2) is 10.2. The van der Waals surface area contributed by atoms with E-state index in [0.29, 0.717) is 28.7 Å². The molecule has 2 nitrogen and oxygen atoms in total. The van der Waals surface area contributed by atoms with Gasteiger partial charge in [0.05, 0.1) is 0 Å². The van der Waals surface area contributed by atoms with Crippen LogP contribution in [0.3, 0.4) is 0 Å². The van der Waals surface area contributed by atoms with Gasteiger partial charge in [0, 0.05) is 54.3 Å². The first-order valence-electron chi connectivity index (χ1n) is 6.84. The highest BCUT2D eigenvalue weighted by atomic mass is 35.5. The first-order valence-corrected chi connectivity index (χ1v) is 7.59. The molecule has 134 valence electrons. The summed E-state index contributed by atoms with van der Waals surface area (Å²) in [4.78, 5) is 2.02. The number of nitrogens with zero attached hydrogens (tertiary/aromatic N) is 1. The van der Waals surface area contributed by atoms with Crippen molar-refractivity contribution in [2.45, 2.75) is 25.1 Å². The number of hydrogen-bond donors (Lipinski definition) is 1. The monoisotopic (exact) mass is 412 g/mol. The molecule has 0 aromatic heterocycles. The third kappa shape index (κ3) is 6.85. The van der Waals surface area contributed by atoms with Crippen molar-refractivity contribution in [3.8, 4) is 0 Å². The molecule has 0 spiro atoms. The molecule has 0 unspecified atom stereocenters. The van der Waals surface area contributed by atoms with E-state index < -0.39 is 18.6 Å². The average molecular weight is 414 g/mol. The Hall–Kier alpha value is 0.0900. The van der Waals surface area contributed by atoms with Gasteiger partial charge in [-0.05, 0) is 18.6 Å². The SMILES string of the molecule is Cl.Cl.FC(F)(F)CC[C@@H](c1c(Cl)cccc1Cl)N1CCNCC1. The number of piperazine rings is 1. The molecule has 1 aromatic carbocycles. The van der Waals surface area contributed by atoms with Crippen LogP contribution in [0.2, 0.25) is 10.0 Å². The maximum absolute atomic E-state index is 12.6. The molecule has 0 amide bonds. The van der Waals surface area contributed by atoms with E-state index in [-0.39, 0.29) is 31.2 Å². The van der Waals surface area contributed by atoms with Crippen molar-refractivity contribution < 1.29 is 13.2 Å². The average Bonchev–Trinajstić information content (AvgIpc) is 2.42. The highest BCUT2D eigenvalue weighted by Crippen LogP contribution is 2.38. The molecule has 1 saturated heterocycles. The van der Waals surface area contributed by atoms with Crippen molar-refractivity contribution in [1.82, 2.24) is 10.2 Å². The predicted molar refractivity (Wildman–Crippen MR) is 93.4 cm³/mol. The Morgan fingerprint density at radius 1 is 1.09 bits per heavy atom. The molecule has 2 rings (SSSR count). The van der Waals surface area contributed by atoms with Crippen LogP contribution in [0.25, 0.3) is 0 Å². The lowest BCUT2D eigenvalue weighted by atomic mass is 9.99. The summed E-state index contributed by atoms with van der Waals surface area (Å²) in [7, 11) is 0. The Morgan fingerprint density at radius 3 is 2.09 bits per heavy atom. The zero-order valence-electron chi connectivity index (χ0n) is 12.2. The summed E-state index contributed by atoms with van der Waals surface area (Å²) in [6.45, 7) is 2.88. The minimum Gasteiger partial charge on any atom is -0.314 e. The van der Waals surface area contributed by atoms with Crippen LogP contribution < -0.4 is 5.32 Å². The van der Waals surface area contributed by atoms with E-state index in [1.54, 1.807) is 18.2 Å². The Balaban J connectivity index is 0.00000242. The summed E-state index contributed by atoms with van der Waals surface area (Å²) in [5.41, 5.74) is 0.604. The molecule has 9 heteroatoms. The van der Waals surface area contributed by atoms with Crippen LogP contribution in [-0.4, -0.2) is 37.3 Å². The fourth-order valence-electron chi connectivity index (χ4n) is 2.63. The van der Waals surface area contributed by atoms with Crippen LogP contribution >= 0.6 is 48.0 Å². The highest BCUT2D eigenvalue weighted by molar-refractivity contribution is 6.36. The summed E-state index contributed by atoms with van der Waals surface area (Å²) in [6.07, 6.45) is -5.06. The Kier molecular flexibility index (Phi) is 10.2. The van der Waals surface area contributed by atoms with Crippen molar-refractivity contribution in [2.24, 2.45) is 0 Å². The summed E-state index contributed by atoms with van der Waals surface area (Å²) >= 11 is 12.4. The molecular weight excluding hydrogens is 395 g/mol. The molecule has 1 N–H and O–H groups in total. The molecule has 1 aliphatic heterocycles. The summed E-state index contributed by atoms with van der Waals surface area (Å²) < 4.78 is 37.8. The van der Waals surface area contributed by atoms with Gasteiger partial charge >= 0.3 is 6.18 Å². The van der Waals surface area contributed by atoms with Crippen LogP contribution in [-0.2, 0) is 0 Å². The fourth-order valence-corrected chi connectivity index (χ4v) is 3.28. The van der Waals surface area contributed by atoms with Crippen molar-refractivity contribution in [3.05, 3.63) is 33.8 Å². The molecule has 1 heterocycles. The lowest BCUT2D eigenvalue weighted by Gasteiger charge is -2.36. The number of benzene rings is 1. The molecule has 1 aliphatic rings. The normalized spacial score (nSPS) is 17.1. The lowest BCUT2D eigenvalue weighted by Crippen LogP contribution is -2.45. The molecular formula is C14H19Cl4F3N2. The summed E-state index contributed by atoms with van der Waals surface area (Å²) in [5, 5.41) is 4.04. The van der Waals surface area contributed by atoms with Crippen molar-refractivity contribution in [2.75, 3.05) is 26.2 Å². The van der Waals surface area contributed by atoms with Gasteiger partial charge in [-0.15, -0.1) is 24.8 Å². The second-order valence-electron chi connectivity index (χ2n) is 5.09. The van der Waals surface area contributed by atoms with Crippen LogP contribution in [0.5, 0.6) is 0 Å². The number of hydrogen-bond acceptors (Lipinski definition) is 2. The van der Waals surface area contributed by atoms with Gasteiger partial charge in [-0.3, -0.25) is 4.90 Å². The van der Waals surface area contributed by atoms with Crippen LogP contribution in [0.15, 0.2) is 18.2 Å². The molecule has 1 atom stereocenters. The first kappa shape index (κ1) is 23.1. The maximum atomic E-state index is 12.6. The van der Waals surface area contributed by atoms with Gasteiger partial charge < -0.3 is 5.32 Å². The fraction of sp³-hybridized carbons (Fsp3) is 0.571. The quantitative estimate of drug-likeness (QED) is 0.736. The topological polar surface area (TPSA) is 15.3 Å². The van der Waals surface area contributed by atoms with E-state index >= 15 is 0 Å². The highest BCUT2D eigenvalue weighted by Gasteiger charge is 2.32. The van der Waals surface area contributed by atoms with Crippen LogP contribution in [0.1, 0.15) is 24.4 Å². The molecule has 0 aliphatic carbocycles. The van der Waals surface area contributed by atoms with Crippen LogP contribution in [0.4, 0.5) is 13.2 Å². The summed E-state index contributed by atoms with van der Waals surface area (Å²) in [6, 6.07) is 4.64. The van der Waals surface area contributed by atoms with E-state index in [0.717, 1.165) is 13.1 Å². The van der Waals surface area contributed by atoms with Crippen LogP contribution in [0, 0.1) is 0 Å². The third-order valence-electron chi connectivity index (χ3n) is 3.63. The minimum atomic E-state index is -4.18. The molecule has 0 radical (unpaired) electrons. The van der Waals surface area contributed by atoms with Gasteiger partial charge in [0.25, 0.3) is 0 Å². The zero-order chi connectivity index (χ0) is 15.5. The smallest absolute Gasteiger partial charge is 0.314 e. The van der Waals surface area contributed by atoms with Gasteiger partial charge in [-0.2, -0.15) is 13.2 Å². The van der Waals surface area contributed by atoms with E-state index in [1.165, 1.54) is 0 Å². The Morgan fingerprint density at radius 2 is 1.61 bits per heavy atom.